The van der Waals surface area contributed by atoms with Crippen molar-refractivity contribution in [3.8, 4) is 0 Å². The molecule has 1 atom stereocenters. The largest absolute Gasteiger partial charge is 0.346 e. The van der Waals surface area contributed by atoms with Gasteiger partial charge in [-0.05, 0) is 38.5 Å². The quantitative estimate of drug-likeness (QED) is 0.720. The third-order valence-electron chi connectivity index (χ3n) is 5.63. The highest BCUT2D eigenvalue weighted by atomic mass is 15.4. The number of nitrogens with zero attached hydrogens (tertiary/aromatic N) is 8. The van der Waals surface area contributed by atoms with Crippen LogP contribution < -0.4 is 4.90 Å². The fourth-order valence-electron chi connectivity index (χ4n) is 4.28. The summed E-state index contributed by atoms with van der Waals surface area (Å²) >= 11 is 0. The number of hydrogen-bond acceptors (Lipinski definition) is 6. The van der Waals surface area contributed by atoms with Crippen LogP contribution >= 0.6 is 0 Å². The highest BCUT2D eigenvalue weighted by Gasteiger charge is 2.32. The van der Waals surface area contributed by atoms with Gasteiger partial charge in [0.15, 0.2) is 5.82 Å². The van der Waals surface area contributed by atoms with E-state index in [1.54, 1.807) is 6.33 Å². The minimum absolute atomic E-state index is 0.239. The molecule has 136 valence electrons. The summed E-state index contributed by atoms with van der Waals surface area (Å²) in [6, 6.07) is 2.40. The molecule has 5 heterocycles. The lowest BCUT2D eigenvalue weighted by atomic mass is 10.0. The molecule has 1 fully saturated rings. The second-order valence-electron chi connectivity index (χ2n) is 7.22. The maximum Gasteiger partial charge on any atom is 0.254 e. The predicted molar refractivity (Wildman–Crippen MR) is 97.1 cm³/mol. The molecular formula is C18H24N8. The van der Waals surface area contributed by atoms with Gasteiger partial charge in [0.05, 0.1) is 6.04 Å². The molecule has 0 spiro atoms. The van der Waals surface area contributed by atoms with Crippen molar-refractivity contribution >= 4 is 11.6 Å². The Kier molecular flexibility index (Phi) is 3.83. The highest BCUT2D eigenvalue weighted by Crippen LogP contribution is 2.35. The minimum atomic E-state index is 0.239. The Morgan fingerprint density at radius 2 is 2.04 bits per heavy atom. The number of piperidine rings is 1. The Hall–Kier alpha value is -2.51. The van der Waals surface area contributed by atoms with Crippen LogP contribution in [-0.2, 0) is 19.4 Å². The second-order valence-corrected chi connectivity index (χ2v) is 7.22. The van der Waals surface area contributed by atoms with Gasteiger partial charge in [0.2, 0.25) is 0 Å². The molecule has 0 bridgehead atoms. The van der Waals surface area contributed by atoms with Crippen molar-refractivity contribution in [2.75, 3.05) is 11.4 Å². The van der Waals surface area contributed by atoms with Crippen LogP contribution in [0.2, 0.25) is 0 Å². The molecule has 8 heteroatoms. The fourth-order valence-corrected chi connectivity index (χ4v) is 4.28. The summed E-state index contributed by atoms with van der Waals surface area (Å²) in [6.45, 7) is 4.16. The van der Waals surface area contributed by atoms with Crippen LogP contribution in [0, 0.1) is 0 Å². The highest BCUT2D eigenvalue weighted by molar-refractivity contribution is 5.49. The number of anilines is 1. The summed E-state index contributed by atoms with van der Waals surface area (Å²) in [4.78, 5) is 11.4. The first kappa shape index (κ1) is 15.7. The zero-order chi connectivity index (χ0) is 17.5. The van der Waals surface area contributed by atoms with E-state index in [1.165, 1.54) is 25.7 Å². The molecule has 26 heavy (non-hydrogen) atoms. The third-order valence-corrected chi connectivity index (χ3v) is 5.63. The minimum Gasteiger partial charge on any atom is -0.346 e. The average Bonchev–Trinajstić information content (AvgIpc) is 3.34. The predicted octanol–water partition coefficient (Wildman–Crippen LogP) is 2.35. The zero-order valence-electron chi connectivity index (χ0n) is 15.2. The van der Waals surface area contributed by atoms with Gasteiger partial charge in [0.25, 0.3) is 5.78 Å². The van der Waals surface area contributed by atoms with Gasteiger partial charge < -0.3 is 9.47 Å². The summed E-state index contributed by atoms with van der Waals surface area (Å²) < 4.78 is 4.22. The van der Waals surface area contributed by atoms with Crippen molar-refractivity contribution in [1.82, 2.24) is 34.3 Å². The Bertz CT molecular complexity index is 927. The summed E-state index contributed by atoms with van der Waals surface area (Å²) in [5.74, 6) is 4.00. The zero-order valence-corrected chi connectivity index (χ0v) is 15.2. The molecule has 1 saturated heterocycles. The monoisotopic (exact) mass is 352 g/mol. The molecule has 3 aromatic heterocycles. The first-order valence-corrected chi connectivity index (χ1v) is 9.73. The van der Waals surface area contributed by atoms with E-state index in [4.69, 9.17) is 0 Å². The third kappa shape index (κ3) is 2.47. The van der Waals surface area contributed by atoms with Gasteiger partial charge in [0, 0.05) is 31.3 Å². The van der Waals surface area contributed by atoms with E-state index in [-0.39, 0.29) is 6.04 Å². The van der Waals surface area contributed by atoms with Crippen LogP contribution in [0.1, 0.15) is 62.4 Å². The number of aromatic nitrogens is 7. The van der Waals surface area contributed by atoms with Gasteiger partial charge in [-0.25, -0.2) is 4.98 Å². The Morgan fingerprint density at radius 3 is 2.96 bits per heavy atom. The maximum atomic E-state index is 4.62. The fraction of sp³-hybridized carbons (Fsp3) is 0.611. The maximum absolute atomic E-state index is 4.62. The van der Waals surface area contributed by atoms with E-state index < -0.39 is 0 Å². The van der Waals surface area contributed by atoms with E-state index in [9.17, 15) is 0 Å². The van der Waals surface area contributed by atoms with Crippen molar-refractivity contribution in [3.63, 3.8) is 0 Å². The summed E-state index contributed by atoms with van der Waals surface area (Å²) in [5.41, 5.74) is 1.05. The van der Waals surface area contributed by atoms with Crippen molar-refractivity contribution in [3.05, 3.63) is 29.7 Å². The normalized spacial score (nSPS) is 20.5. The van der Waals surface area contributed by atoms with E-state index in [1.807, 2.05) is 4.52 Å². The Balaban J connectivity index is 1.61. The van der Waals surface area contributed by atoms with Crippen molar-refractivity contribution in [2.24, 2.45) is 0 Å². The smallest absolute Gasteiger partial charge is 0.254 e. The lowest BCUT2D eigenvalue weighted by molar-refractivity contribution is 0.418. The average molecular weight is 352 g/mol. The molecule has 8 nitrogen and oxygen atoms in total. The molecule has 0 saturated carbocycles. The summed E-state index contributed by atoms with van der Waals surface area (Å²) in [6.07, 6.45) is 9.44. The summed E-state index contributed by atoms with van der Waals surface area (Å²) in [5, 5.41) is 13.5. The van der Waals surface area contributed by atoms with Gasteiger partial charge in [-0.2, -0.15) is 14.6 Å². The Morgan fingerprint density at radius 1 is 1.12 bits per heavy atom. The first-order valence-electron chi connectivity index (χ1n) is 9.73. The number of rotatable bonds is 3. The molecular weight excluding hydrogens is 328 g/mol. The van der Waals surface area contributed by atoms with Crippen molar-refractivity contribution < 1.29 is 0 Å². The van der Waals surface area contributed by atoms with E-state index in [0.29, 0.717) is 5.78 Å². The Labute approximate surface area is 152 Å². The molecule has 3 aromatic rings. The molecule has 0 aliphatic carbocycles. The van der Waals surface area contributed by atoms with Gasteiger partial charge in [-0.3, -0.25) is 0 Å². The first-order chi connectivity index (χ1) is 12.8. The van der Waals surface area contributed by atoms with Crippen LogP contribution in [0.3, 0.4) is 0 Å². The van der Waals surface area contributed by atoms with Crippen LogP contribution in [-0.4, -0.2) is 40.9 Å². The second kappa shape index (κ2) is 6.34. The van der Waals surface area contributed by atoms with Crippen LogP contribution in [0.25, 0.3) is 5.78 Å². The topological polar surface area (TPSA) is 77.0 Å². The van der Waals surface area contributed by atoms with E-state index >= 15 is 0 Å². The van der Waals surface area contributed by atoms with Gasteiger partial charge in [-0.1, -0.05) is 6.92 Å². The van der Waals surface area contributed by atoms with Gasteiger partial charge in [-0.15, -0.1) is 10.2 Å². The van der Waals surface area contributed by atoms with Crippen LogP contribution in [0.4, 0.5) is 5.82 Å². The molecule has 0 radical (unpaired) electrons. The number of aryl methyl sites for hydroxylation is 2. The number of fused-ring (bicyclic) bond motifs is 2. The molecule has 2 aliphatic heterocycles. The van der Waals surface area contributed by atoms with Crippen molar-refractivity contribution in [2.45, 2.75) is 64.5 Å². The SMILES string of the molecule is CCc1cc(N2CCCCC2c2nnc3n2CCCC3)n2ncnc2n1. The standard InChI is InChI=1S/C18H24N8/c1-2-13-11-16(26-18(21-13)19-12-20-26)24-9-5-3-7-14(24)17-23-22-15-8-4-6-10-25(15)17/h11-12,14H,2-10H2,1H3. The molecule has 0 N–H and O–H groups in total. The lowest BCUT2D eigenvalue weighted by Crippen LogP contribution is -2.37. The molecule has 0 aromatic carbocycles. The lowest BCUT2D eigenvalue weighted by Gasteiger charge is -2.37. The molecule has 2 aliphatic rings. The van der Waals surface area contributed by atoms with Gasteiger partial charge in [0.1, 0.15) is 18.0 Å². The molecule has 1 unspecified atom stereocenters. The van der Waals surface area contributed by atoms with Gasteiger partial charge >= 0.3 is 0 Å². The van der Waals surface area contributed by atoms with E-state index in [2.05, 4.69) is 47.7 Å². The summed E-state index contributed by atoms with van der Waals surface area (Å²) in [7, 11) is 0. The van der Waals surface area contributed by atoms with Crippen LogP contribution in [0.15, 0.2) is 12.4 Å². The molecule has 5 rings (SSSR count). The van der Waals surface area contributed by atoms with E-state index in [0.717, 1.165) is 55.5 Å². The van der Waals surface area contributed by atoms with Crippen LogP contribution in [0.5, 0.6) is 0 Å². The number of hydrogen-bond donors (Lipinski definition) is 0. The molecule has 0 amide bonds. The van der Waals surface area contributed by atoms with Crippen molar-refractivity contribution in [1.29, 1.82) is 0 Å².